The maximum Gasteiger partial charge on any atom is 0.0732 e. The molecule has 20 heavy (non-hydrogen) atoms. The highest BCUT2D eigenvalue weighted by Crippen LogP contribution is 2.37. The fourth-order valence-electron chi connectivity index (χ4n) is 3.10. The Morgan fingerprint density at radius 1 is 1.25 bits per heavy atom. The summed E-state index contributed by atoms with van der Waals surface area (Å²) in [5.74, 6) is 0.681. The quantitative estimate of drug-likeness (QED) is 0.574. The fraction of sp³-hybridized carbons (Fsp3) is 0.875. The Hall–Kier alpha value is -0.420. The fourth-order valence-corrected chi connectivity index (χ4v) is 3.10. The molecule has 1 spiro atoms. The van der Waals surface area contributed by atoms with Crippen LogP contribution in [0.1, 0.15) is 32.1 Å². The number of nitrogens with one attached hydrogen (secondary N) is 1. The SMILES string of the molecule is COCCNCC/C=C/C1CCOC2(CCOCC2)C1. The van der Waals surface area contributed by atoms with E-state index in [0.29, 0.717) is 5.92 Å². The summed E-state index contributed by atoms with van der Waals surface area (Å²) in [6.07, 6.45) is 10.3. The normalized spacial score (nSPS) is 26.4. The molecule has 0 aromatic heterocycles. The predicted octanol–water partition coefficient (Wildman–Crippen LogP) is 2.14. The molecule has 116 valence electrons. The number of rotatable bonds is 7. The molecule has 0 saturated carbocycles. The molecule has 2 fully saturated rings. The monoisotopic (exact) mass is 283 g/mol. The van der Waals surface area contributed by atoms with Gasteiger partial charge in [0, 0.05) is 33.5 Å². The molecule has 0 radical (unpaired) electrons. The molecule has 1 unspecified atom stereocenters. The Kier molecular flexibility index (Phi) is 7.00. The van der Waals surface area contributed by atoms with E-state index in [1.807, 2.05) is 0 Å². The molecule has 0 aromatic carbocycles. The minimum Gasteiger partial charge on any atom is -0.383 e. The van der Waals surface area contributed by atoms with Crippen molar-refractivity contribution in [3.05, 3.63) is 12.2 Å². The molecule has 0 bridgehead atoms. The molecule has 2 saturated heterocycles. The molecular formula is C16H29NO3. The van der Waals surface area contributed by atoms with Gasteiger partial charge in [0.15, 0.2) is 0 Å². The lowest BCUT2D eigenvalue weighted by Crippen LogP contribution is -2.44. The van der Waals surface area contributed by atoms with Crippen LogP contribution in [-0.4, -0.2) is 52.2 Å². The average Bonchev–Trinajstić information content (AvgIpc) is 2.47. The minimum atomic E-state index is 0.113. The van der Waals surface area contributed by atoms with Gasteiger partial charge >= 0.3 is 0 Å². The molecule has 2 aliphatic heterocycles. The summed E-state index contributed by atoms with van der Waals surface area (Å²) < 4.78 is 16.5. The van der Waals surface area contributed by atoms with Gasteiger partial charge in [-0.15, -0.1) is 0 Å². The Balaban J connectivity index is 1.64. The molecule has 2 heterocycles. The molecule has 2 aliphatic rings. The van der Waals surface area contributed by atoms with E-state index in [4.69, 9.17) is 14.2 Å². The first kappa shape index (κ1) is 16.0. The van der Waals surface area contributed by atoms with Gasteiger partial charge < -0.3 is 19.5 Å². The number of hydrogen-bond acceptors (Lipinski definition) is 4. The van der Waals surface area contributed by atoms with Crippen LogP contribution in [0, 0.1) is 5.92 Å². The second-order valence-corrected chi connectivity index (χ2v) is 5.86. The highest BCUT2D eigenvalue weighted by molar-refractivity contribution is 4.97. The Bertz CT molecular complexity index is 282. The standard InChI is InChI=1S/C16H29NO3/c1-18-13-9-17-8-3-2-4-15-5-10-20-16(14-15)6-11-19-12-7-16/h2,4,15,17H,3,5-14H2,1H3/b4-2+. The average molecular weight is 283 g/mol. The van der Waals surface area contributed by atoms with Crippen LogP contribution in [0.5, 0.6) is 0 Å². The van der Waals surface area contributed by atoms with E-state index < -0.39 is 0 Å². The summed E-state index contributed by atoms with van der Waals surface area (Å²) in [5.41, 5.74) is 0.113. The largest absolute Gasteiger partial charge is 0.383 e. The smallest absolute Gasteiger partial charge is 0.0732 e. The molecule has 1 N–H and O–H groups in total. The molecule has 0 amide bonds. The first-order valence-electron chi connectivity index (χ1n) is 7.93. The number of allylic oxidation sites excluding steroid dienone is 1. The van der Waals surface area contributed by atoms with Crippen LogP contribution in [0.3, 0.4) is 0 Å². The summed E-state index contributed by atoms with van der Waals surface area (Å²) in [7, 11) is 1.73. The van der Waals surface area contributed by atoms with E-state index >= 15 is 0 Å². The van der Waals surface area contributed by atoms with Crippen molar-refractivity contribution in [2.45, 2.75) is 37.7 Å². The lowest BCUT2D eigenvalue weighted by molar-refractivity contribution is -0.141. The number of methoxy groups -OCH3 is 1. The van der Waals surface area contributed by atoms with Crippen LogP contribution in [0.2, 0.25) is 0 Å². The van der Waals surface area contributed by atoms with Crippen LogP contribution >= 0.6 is 0 Å². The Morgan fingerprint density at radius 3 is 2.90 bits per heavy atom. The first-order valence-corrected chi connectivity index (χ1v) is 7.93. The predicted molar refractivity (Wildman–Crippen MR) is 80.0 cm³/mol. The van der Waals surface area contributed by atoms with Crippen molar-refractivity contribution < 1.29 is 14.2 Å². The first-order chi connectivity index (χ1) is 9.85. The van der Waals surface area contributed by atoms with Gasteiger partial charge in [0.1, 0.15) is 0 Å². The summed E-state index contributed by atoms with van der Waals surface area (Å²) in [5, 5.41) is 3.36. The van der Waals surface area contributed by atoms with Gasteiger partial charge in [-0.3, -0.25) is 0 Å². The van der Waals surface area contributed by atoms with Gasteiger partial charge in [0.2, 0.25) is 0 Å². The van der Waals surface area contributed by atoms with Crippen molar-refractivity contribution in [3.63, 3.8) is 0 Å². The Morgan fingerprint density at radius 2 is 2.10 bits per heavy atom. The molecule has 2 rings (SSSR count). The summed E-state index contributed by atoms with van der Waals surface area (Å²) >= 11 is 0. The highest BCUT2D eigenvalue weighted by atomic mass is 16.5. The molecule has 0 aliphatic carbocycles. The second-order valence-electron chi connectivity index (χ2n) is 5.86. The lowest BCUT2D eigenvalue weighted by atomic mass is 9.80. The van der Waals surface area contributed by atoms with Crippen molar-refractivity contribution in [1.29, 1.82) is 0 Å². The van der Waals surface area contributed by atoms with E-state index in [9.17, 15) is 0 Å². The van der Waals surface area contributed by atoms with Crippen LogP contribution in [0.25, 0.3) is 0 Å². The zero-order chi connectivity index (χ0) is 14.1. The second kappa shape index (κ2) is 8.78. The van der Waals surface area contributed by atoms with E-state index in [-0.39, 0.29) is 5.60 Å². The van der Waals surface area contributed by atoms with Crippen LogP contribution in [-0.2, 0) is 14.2 Å². The van der Waals surface area contributed by atoms with Gasteiger partial charge in [0.05, 0.1) is 12.2 Å². The van der Waals surface area contributed by atoms with Gasteiger partial charge in [-0.2, -0.15) is 0 Å². The van der Waals surface area contributed by atoms with Crippen LogP contribution in [0.15, 0.2) is 12.2 Å². The van der Waals surface area contributed by atoms with Crippen molar-refractivity contribution in [3.8, 4) is 0 Å². The summed E-state index contributed by atoms with van der Waals surface area (Å²) in [6, 6.07) is 0. The van der Waals surface area contributed by atoms with Crippen molar-refractivity contribution in [1.82, 2.24) is 5.32 Å². The topological polar surface area (TPSA) is 39.7 Å². The molecule has 4 heteroatoms. The zero-order valence-electron chi connectivity index (χ0n) is 12.7. The van der Waals surface area contributed by atoms with Gasteiger partial charge in [0.25, 0.3) is 0 Å². The van der Waals surface area contributed by atoms with E-state index in [0.717, 1.165) is 65.2 Å². The van der Waals surface area contributed by atoms with Gasteiger partial charge in [-0.05, 0) is 44.6 Å². The van der Waals surface area contributed by atoms with Crippen molar-refractivity contribution in [2.75, 3.05) is 46.6 Å². The van der Waals surface area contributed by atoms with E-state index in [1.54, 1.807) is 7.11 Å². The van der Waals surface area contributed by atoms with Gasteiger partial charge in [-0.1, -0.05) is 12.2 Å². The highest BCUT2D eigenvalue weighted by Gasteiger charge is 2.38. The van der Waals surface area contributed by atoms with Crippen molar-refractivity contribution >= 4 is 0 Å². The minimum absolute atomic E-state index is 0.113. The molecule has 1 atom stereocenters. The number of hydrogen-bond donors (Lipinski definition) is 1. The maximum absolute atomic E-state index is 6.07. The third kappa shape index (κ3) is 5.17. The third-order valence-corrected chi connectivity index (χ3v) is 4.31. The molecular weight excluding hydrogens is 254 g/mol. The van der Waals surface area contributed by atoms with Crippen molar-refractivity contribution in [2.24, 2.45) is 5.92 Å². The Labute approximate surface area is 122 Å². The summed E-state index contributed by atoms with van der Waals surface area (Å²) in [4.78, 5) is 0. The molecule has 0 aromatic rings. The maximum atomic E-state index is 6.07. The van der Waals surface area contributed by atoms with Crippen LogP contribution in [0.4, 0.5) is 0 Å². The van der Waals surface area contributed by atoms with E-state index in [1.165, 1.54) is 6.42 Å². The third-order valence-electron chi connectivity index (χ3n) is 4.31. The molecule has 4 nitrogen and oxygen atoms in total. The van der Waals surface area contributed by atoms with Crippen LogP contribution < -0.4 is 5.32 Å². The number of ether oxygens (including phenoxy) is 3. The summed E-state index contributed by atoms with van der Waals surface area (Å²) in [6.45, 7) is 5.38. The van der Waals surface area contributed by atoms with Gasteiger partial charge in [-0.25, -0.2) is 0 Å². The zero-order valence-corrected chi connectivity index (χ0v) is 12.7. The van der Waals surface area contributed by atoms with E-state index in [2.05, 4.69) is 17.5 Å². The lowest BCUT2D eigenvalue weighted by Gasteiger charge is -2.42.